The van der Waals surface area contributed by atoms with Crippen molar-refractivity contribution >= 4 is 23.4 Å². The predicted octanol–water partition coefficient (Wildman–Crippen LogP) is 5.19. The molecule has 0 aliphatic carbocycles. The molecule has 0 heterocycles. The van der Waals surface area contributed by atoms with Crippen LogP contribution in [0.25, 0.3) is 0 Å². The van der Waals surface area contributed by atoms with Gasteiger partial charge in [0.05, 0.1) is 5.02 Å². The van der Waals surface area contributed by atoms with Gasteiger partial charge < -0.3 is 15.0 Å². The summed E-state index contributed by atoms with van der Waals surface area (Å²) in [4.78, 5) is 28.4. The molecule has 0 saturated carbocycles. The molecule has 1 unspecified atom stereocenters. The van der Waals surface area contributed by atoms with Crippen LogP contribution in [-0.2, 0) is 22.6 Å². The average molecular weight is 479 g/mol. The molecule has 178 valence electrons. The van der Waals surface area contributed by atoms with E-state index in [9.17, 15) is 9.59 Å². The minimum atomic E-state index is -0.684. The molecule has 6 heteroatoms. The number of carbonyl (C=O) groups is 2. The summed E-state index contributed by atoms with van der Waals surface area (Å²) in [7, 11) is 0. The van der Waals surface area contributed by atoms with E-state index < -0.39 is 6.04 Å². The topological polar surface area (TPSA) is 58.6 Å². The number of benzene rings is 3. The van der Waals surface area contributed by atoms with Gasteiger partial charge in [-0.25, -0.2) is 0 Å². The van der Waals surface area contributed by atoms with E-state index in [0.717, 1.165) is 23.1 Å². The molecule has 0 saturated heterocycles. The minimum absolute atomic E-state index is 0.176. The van der Waals surface area contributed by atoms with E-state index in [-0.39, 0.29) is 18.4 Å². The van der Waals surface area contributed by atoms with Crippen molar-refractivity contribution in [2.24, 2.45) is 0 Å². The van der Waals surface area contributed by atoms with E-state index in [1.807, 2.05) is 68.4 Å². The number of ether oxygens (including phenoxy) is 1. The zero-order chi connectivity index (χ0) is 24.3. The van der Waals surface area contributed by atoms with Crippen molar-refractivity contribution in [2.75, 3.05) is 13.2 Å². The smallest absolute Gasteiger partial charge is 0.261 e. The van der Waals surface area contributed by atoms with Gasteiger partial charge in [0.25, 0.3) is 5.91 Å². The Kier molecular flexibility index (Phi) is 9.53. The maximum atomic E-state index is 13.5. The molecule has 3 rings (SSSR count). The van der Waals surface area contributed by atoms with Crippen molar-refractivity contribution in [3.8, 4) is 5.75 Å². The first-order valence-electron chi connectivity index (χ1n) is 11.5. The maximum Gasteiger partial charge on any atom is 0.261 e. The Labute approximate surface area is 206 Å². The fraction of sp³-hybridized carbons (Fsp3) is 0.286. The monoisotopic (exact) mass is 478 g/mol. The molecule has 5 nitrogen and oxygen atoms in total. The molecule has 0 aliphatic rings. The number of halogens is 1. The first-order valence-corrected chi connectivity index (χ1v) is 11.9. The molecule has 3 aromatic rings. The third kappa shape index (κ3) is 7.09. The molecule has 0 radical (unpaired) electrons. The summed E-state index contributed by atoms with van der Waals surface area (Å²) in [6.45, 7) is 4.63. The number of carbonyl (C=O) groups excluding carboxylic acids is 2. The van der Waals surface area contributed by atoms with Gasteiger partial charge in [0.1, 0.15) is 11.8 Å². The normalized spacial score (nSPS) is 11.5. The lowest BCUT2D eigenvalue weighted by molar-refractivity contribution is -0.142. The maximum absolute atomic E-state index is 13.5. The molecule has 2 amide bonds. The Hall–Kier alpha value is -3.31. The fourth-order valence-electron chi connectivity index (χ4n) is 3.68. The van der Waals surface area contributed by atoms with Gasteiger partial charge in [0.15, 0.2) is 6.61 Å². The van der Waals surface area contributed by atoms with Gasteiger partial charge in [-0.2, -0.15) is 0 Å². The quantitative estimate of drug-likeness (QED) is 0.412. The van der Waals surface area contributed by atoms with E-state index in [0.29, 0.717) is 30.3 Å². The lowest BCUT2D eigenvalue weighted by atomic mass is 10.0. The number of para-hydroxylation sites is 1. The first-order chi connectivity index (χ1) is 16.5. The van der Waals surface area contributed by atoms with E-state index in [2.05, 4.69) is 5.32 Å². The molecule has 3 aromatic carbocycles. The van der Waals surface area contributed by atoms with E-state index in [1.165, 1.54) is 0 Å². The number of nitrogens with one attached hydrogen (secondary N) is 1. The van der Waals surface area contributed by atoms with Gasteiger partial charge in [-0.1, -0.05) is 85.3 Å². The Bertz CT molecular complexity index is 1090. The molecule has 0 aliphatic heterocycles. The Balaban J connectivity index is 1.91. The van der Waals surface area contributed by atoms with Crippen molar-refractivity contribution in [1.29, 1.82) is 0 Å². The molecule has 0 bridgehead atoms. The second-order valence-corrected chi connectivity index (χ2v) is 8.57. The zero-order valence-electron chi connectivity index (χ0n) is 19.7. The Morgan fingerprint density at radius 2 is 1.65 bits per heavy atom. The minimum Gasteiger partial charge on any atom is -0.482 e. The lowest BCUT2D eigenvalue weighted by Gasteiger charge is -2.32. The molecule has 0 spiro atoms. The first kappa shape index (κ1) is 25.3. The highest BCUT2D eigenvalue weighted by molar-refractivity contribution is 6.32. The third-order valence-electron chi connectivity index (χ3n) is 5.61. The van der Waals surface area contributed by atoms with Gasteiger partial charge in [-0.3, -0.25) is 9.59 Å². The molecular weight excluding hydrogens is 448 g/mol. The Morgan fingerprint density at radius 3 is 2.35 bits per heavy atom. The molecule has 0 fully saturated rings. The third-order valence-corrected chi connectivity index (χ3v) is 5.92. The van der Waals surface area contributed by atoms with E-state index in [4.69, 9.17) is 16.3 Å². The van der Waals surface area contributed by atoms with Gasteiger partial charge in [-0.15, -0.1) is 0 Å². The lowest BCUT2D eigenvalue weighted by Crippen LogP contribution is -2.51. The standard InChI is InChI=1S/C28H31ClN2O3/c1-3-17-30-28(33)25(18-22-12-5-4-6-13-22)31(19-23-14-8-7-11-21(23)2)27(32)20-34-26-16-10-9-15-24(26)29/h4-16,25H,3,17-20H2,1-2H3,(H,30,33). The summed E-state index contributed by atoms with van der Waals surface area (Å²) in [5.74, 6) is -0.0236. The van der Waals surface area contributed by atoms with Crippen molar-refractivity contribution in [3.63, 3.8) is 0 Å². The highest BCUT2D eigenvalue weighted by Gasteiger charge is 2.30. The average Bonchev–Trinajstić information content (AvgIpc) is 2.85. The van der Waals surface area contributed by atoms with Crippen molar-refractivity contribution in [1.82, 2.24) is 10.2 Å². The van der Waals surface area contributed by atoms with Crippen LogP contribution in [0.2, 0.25) is 5.02 Å². The van der Waals surface area contributed by atoms with Crippen LogP contribution in [0.4, 0.5) is 0 Å². The van der Waals surface area contributed by atoms with Gasteiger partial charge in [-0.05, 0) is 42.2 Å². The summed E-state index contributed by atoms with van der Waals surface area (Å²) in [6.07, 6.45) is 1.21. The SMILES string of the molecule is CCCNC(=O)C(Cc1ccccc1)N(Cc1ccccc1C)C(=O)COc1ccccc1Cl. The molecule has 0 aromatic heterocycles. The van der Waals surface area contributed by atoms with Crippen LogP contribution in [0.1, 0.15) is 30.0 Å². The van der Waals surface area contributed by atoms with Gasteiger partial charge in [0.2, 0.25) is 5.91 Å². The molecular formula is C28H31ClN2O3. The summed E-state index contributed by atoms with van der Waals surface area (Å²) in [5.41, 5.74) is 3.02. The van der Waals surface area contributed by atoms with E-state index in [1.54, 1.807) is 29.2 Å². The summed E-state index contributed by atoms with van der Waals surface area (Å²) >= 11 is 6.20. The van der Waals surface area contributed by atoms with Crippen LogP contribution < -0.4 is 10.1 Å². The van der Waals surface area contributed by atoms with Crippen molar-refractivity contribution < 1.29 is 14.3 Å². The van der Waals surface area contributed by atoms with Crippen molar-refractivity contribution in [2.45, 2.75) is 39.3 Å². The second-order valence-electron chi connectivity index (χ2n) is 8.16. The van der Waals surface area contributed by atoms with Crippen LogP contribution in [-0.4, -0.2) is 35.9 Å². The number of nitrogens with zero attached hydrogens (tertiary/aromatic N) is 1. The Morgan fingerprint density at radius 1 is 0.971 bits per heavy atom. The number of rotatable bonds is 11. The summed E-state index contributed by atoms with van der Waals surface area (Å²) in [6, 6.07) is 24.0. The van der Waals surface area contributed by atoms with Gasteiger partial charge >= 0.3 is 0 Å². The predicted molar refractivity (Wildman–Crippen MR) is 136 cm³/mol. The van der Waals surface area contributed by atoms with Crippen molar-refractivity contribution in [3.05, 3.63) is 101 Å². The summed E-state index contributed by atoms with van der Waals surface area (Å²) in [5, 5.41) is 3.41. The highest BCUT2D eigenvalue weighted by Crippen LogP contribution is 2.24. The number of aryl methyl sites for hydroxylation is 1. The van der Waals surface area contributed by atoms with E-state index >= 15 is 0 Å². The number of hydrogen-bond donors (Lipinski definition) is 1. The summed E-state index contributed by atoms with van der Waals surface area (Å²) < 4.78 is 5.75. The molecule has 1 atom stereocenters. The van der Waals surface area contributed by atoms with Crippen LogP contribution in [0, 0.1) is 6.92 Å². The fourth-order valence-corrected chi connectivity index (χ4v) is 3.87. The number of amides is 2. The second kappa shape index (κ2) is 12.8. The van der Waals surface area contributed by atoms with Gasteiger partial charge in [0, 0.05) is 19.5 Å². The van der Waals surface area contributed by atoms with Crippen LogP contribution >= 0.6 is 11.6 Å². The highest BCUT2D eigenvalue weighted by atomic mass is 35.5. The van der Waals surface area contributed by atoms with Crippen LogP contribution in [0.5, 0.6) is 5.75 Å². The zero-order valence-corrected chi connectivity index (χ0v) is 20.4. The van der Waals surface area contributed by atoms with Crippen LogP contribution in [0.15, 0.2) is 78.9 Å². The van der Waals surface area contributed by atoms with Crippen LogP contribution in [0.3, 0.4) is 0 Å². The number of hydrogen-bond acceptors (Lipinski definition) is 3. The molecule has 34 heavy (non-hydrogen) atoms. The molecule has 1 N–H and O–H groups in total. The largest absolute Gasteiger partial charge is 0.482 e.